The fourth-order valence-corrected chi connectivity index (χ4v) is 3.95. The van der Waals surface area contributed by atoms with Gasteiger partial charge in [0.15, 0.2) is 17.2 Å². The second kappa shape index (κ2) is 12.6. The van der Waals surface area contributed by atoms with Gasteiger partial charge in [-0.15, -0.1) is 0 Å². The highest BCUT2D eigenvalue weighted by molar-refractivity contribution is 6.12. The Kier molecular flexibility index (Phi) is 9.04. The van der Waals surface area contributed by atoms with Crippen molar-refractivity contribution in [1.29, 1.82) is 0 Å². The van der Waals surface area contributed by atoms with Gasteiger partial charge < -0.3 is 18.9 Å². The summed E-state index contributed by atoms with van der Waals surface area (Å²) in [5, 5.41) is 0. The van der Waals surface area contributed by atoms with Crippen LogP contribution >= 0.6 is 0 Å². The standard InChI is InChI=1S/C33H35NO6/c1-6-8-19-38-26-16-12-23(13-17-26)30-34-27(32(36)40-30)20-22-9-18-28(29(21-22)37-7-2)39-31(35)24-10-14-25(15-11-24)33(3,4)5/h9-18,20-21H,6-8,19H2,1-5H3/b27-20-. The molecule has 0 saturated heterocycles. The van der Waals surface area contributed by atoms with Crippen LogP contribution in [-0.2, 0) is 14.9 Å². The van der Waals surface area contributed by atoms with E-state index in [1.54, 1.807) is 36.4 Å². The molecule has 0 aromatic heterocycles. The molecule has 1 aliphatic heterocycles. The van der Waals surface area contributed by atoms with Crippen LogP contribution in [0.15, 0.2) is 77.4 Å². The van der Waals surface area contributed by atoms with Crippen LogP contribution < -0.4 is 14.2 Å². The quantitative estimate of drug-likeness (QED) is 0.118. The number of esters is 2. The van der Waals surface area contributed by atoms with Crippen molar-refractivity contribution in [2.24, 2.45) is 4.99 Å². The molecule has 0 bridgehead atoms. The van der Waals surface area contributed by atoms with Crippen molar-refractivity contribution >= 4 is 23.9 Å². The van der Waals surface area contributed by atoms with Gasteiger partial charge in [-0.1, -0.05) is 52.3 Å². The highest BCUT2D eigenvalue weighted by Gasteiger charge is 2.24. The zero-order valence-corrected chi connectivity index (χ0v) is 23.7. The molecule has 0 atom stereocenters. The van der Waals surface area contributed by atoms with Crippen molar-refractivity contribution in [3.05, 3.63) is 94.7 Å². The Labute approximate surface area is 235 Å². The van der Waals surface area contributed by atoms with Crippen LogP contribution in [-0.4, -0.2) is 31.1 Å². The summed E-state index contributed by atoms with van der Waals surface area (Å²) in [6, 6.07) is 19.7. The summed E-state index contributed by atoms with van der Waals surface area (Å²) in [5.41, 5.74) is 3.03. The summed E-state index contributed by atoms with van der Waals surface area (Å²) >= 11 is 0. The van der Waals surface area contributed by atoms with Gasteiger partial charge in [0, 0.05) is 5.56 Å². The Bertz CT molecular complexity index is 1410. The largest absolute Gasteiger partial charge is 0.494 e. The maximum Gasteiger partial charge on any atom is 0.363 e. The first-order valence-corrected chi connectivity index (χ1v) is 13.5. The fraction of sp³-hybridized carbons (Fsp3) is 0.303. The van der Waals surface area contributed by atoms with Crippen LogP contribution in [0.2, 0.25) is 0 Å². The Morgan fingerprint density at radius 1 is 0.925 bits per heavy atom. The number of carbonyl (C=O) groups is 2. The van der Waals surface area contributed by atoms with Gasteiger partial charge in [-0.3, -0.25) is 0 Å². The molecule has 4 rings (SSSR count). The van der Waals surface area contributed by atoms with Crippen molar-refractivity contribution < 1.29 is 28.5 Å². The molecule has 7 nitrogen and oxygen atoms in total. The monoisotopic (exact) mass is 541 g/mol. The molecule has 7 heteroatoms. The highest BCUT2D eigenvalue weighted by atomic mass is 16.6. The van der Waals surface area contributed by atoms with Crippen molar-refractivity contribution in [3.8, 4) is 17.2 Å². The summed E-state index contributed by atoms with van der Waals surface area (Å²) in [4.78, 5) is 29.7. The number of hydrogen-bond acceptors (Lipinski definition) is 7. The van der Waals surface area contributed by atoms with E-state index in [0.717, 1.165) is 24.2 Å². The van der Waals surface area contributed by atoms with E-state index in [4.69, 9.17) is 18.9 Å². The van der Waals surface area contributed by atoms with Crippen LogP contribution in [0.1, 0.15) is 74.5 Å². The smallest absolute Gasteiger partial charge is 0.363 e. The number of cyclic esters (lactones) is 1. The van der Waals surface area contributed by atoms with E-state index >= 15 is 0 Å². The zero-order valence-electron chi connectivity index (χ0n) is 23.7. The van der Waals surface area contributed by atoms with Crippen LogP contribution in [0, 0.1) is 0 Å². The zero-order chi connectivity index (χ0) is 28.7. The van der Waals surface area contributed by atoms with Crippen LogP contribution in [0.3, 0.4) is 0 Å². The highest BCUT2D eigenvalue weighted by Crippen LogP contribution is 2.31. The molecule has 0 radical (unpaired) electrons. The molecule has 3 aromatic rings. The summed E-state index contributed by atoms with van der Waals surface area (Å²) in [5.74, 6) is 0.612. The van der Waals surface area contributed by atoms with E-state index in [1.807, 2.05) is 43.3 Å². The Morgan fingerprint density at radius 3 is 2.30 bits per heavy atom. The average molecular weight is 542 g/mol. The summed E-state index contributed by atoms with van der Waals surface area (Å²) in [6.07, 6.45) is 3.66. The predicted molar refractivity (Wildman–Crippen MR) is 155 cm³/mol. The Hall–Kier alpha value is -4.39. The van der Waals surface area contributed by atoms with Gasteiger partial charge in [0.2, 0.25) is 5.90 Å². The minimum atomic E-state index is -0.551. The third-order valence-electron chi connectivity index (χ3n) is 6.25. The second-order valence-corrected chi connectivity index (χ2v) is 10.4. The molecule has 3 aromatic carbocycles. The van der Waals surface area contributed by atoms with E-state index in [9.17, 15) is 9.59 Å². The molecule has 1 heterocycles. The molecule has 0 fully saturated rings. The lowest BCUT2D eigenvalue weighted by molar-refractivity contribution is -0.129. The number of hydrogen-bond donors (Lipinski definition) is 0. The first-order chi connectivity index (χ1) is 19.2. The lowest BCUT2D eigenvalue weighted by atomic mass is 9.87. The number of ether oxygens (including phenoxy) is 4. The van der Waals surface area contributed by atoms with Crippen molar-refractivity contribution in [3.63, 3.8) is 0 Å². The molecular formula is C33H35NO6. The van der Waals surface area contributed by atoms with E-state index in [2.05, 4.69) is 32.7 Å². The maximum atomic E-state index is 12.8. The SMILES string of the molecule is CCCCOc1ccc(C2=N/C(=C\c3ccc(OC(=O)c4ccc(C(C)(C)C)cc4)c(OCC)c3)C(=O)O2)cc1. The normalized spacial score (nSPS) is 14.1. The van der Waals surface area contributed by atoms with E-state index < -0.39 is 11.9 Å². The fourth-order valence-electron chi connectivity index (χ4n) is 3.95. The van der Waals surface area contributed by atoms with Gasteiger partial charge in [-0.2, -0.15) is 0 Å². The lowest BCUT2D eigenvalue weighted by Gasteiger charge is -2.19. The van der Waals surface area contributed by atoms with E-state index in [-0.39, 0.29) is 22.8 Å². The molecule has 40 heavy (non-hydrogen) atoms. The summed E-state index contributed by atoms with van der Waals surface area (Å²) < 4.78 is 22.5. The van der Waals surface area contributed by atoms with Gasteiger partial charge in [0.25, 0.3) is 0 Å². The molecule has 208 valence electrons. The van der Waals surface area contributed by atoms with Gasteiger partial charge >= 0.3 is 11.9 Å². The van der Waals surface area contributed by atoms with Gasteiger partial charge in [0.05, 0.1) is 18.8 Å². The number of nitrogens with zero attached hydrogens (tertiary/aromatic N) is 1. The molecule has 0 saturated carbocycles. The molecule has 0 N–H and O–H groups in total. The molecule has 0 unspecified atom stereocenters. The van der Waals surface area contributed by atoms with Crippen molar-refractivity contribution in [1.82, 2.24) is 0 Å². The second-order valence-electron chi connectivity index (χ2n) is 10.4. The van der Waals surface area contributed by atoms with Crippen LogP contribution in [0.25, 0.3) is 6.08 Å². The maximum absolute atomic E-state index is 12.8. The number of carbonyl (C=O) groups excluding carboxylic acids is 2. The molecule has 1 aliphatic rings. The number of unbranched alkanes of at least 4 members (excludes halogenated alkanes) is 1. The minimum Gasteiger partial charge on any atom is -0.494 e. The third-order valence-corrected chi connectivity index (χ3v) is 6.25. The predicted octanol–water partition coefficient (Wildman–Crippen LogP) is 7.13. The molecule has 0 spiro atoms. The van der Waals surface area contributed by atoms with Gasteiger partial charge in [0.1, 0.15) is 5.75 Å². The van der Waals surface area contributed by atoms with Crippen molar-refractivity contribution in [2.45, 2.75) is 52.9 Å². The van der Waals surface area contributed by atoms with Crippen LogP contribution in [0.4, 0.5) is 0 Å². The summed E-state index contributed by atoms with van der Waals surface area (Å²) in [7, 11) is 0. The number of benzene rings is 3. The topological polar surface area (TPSA) is 83.4 Å². The Morgan fingerprint density at radius 2 is 1.65 bits per heavy atom. The first-order valence-electron chi connectivity index (χ1n) is 13.5. The van der Waals surface area contributed by atoms with Gasteiger partial charge in [-0.05, 0) is 84.5 Å². The Balaban J connectivity index is 1.50. The number of aliphatic imine (C=N–C) groups is 1. The number of rotatable bonds is 10. The van der Waals surface area contributed by atoms with E-state index in [0.29, 0.717) is 35.7 Å². The third kappa shape index (κ3) is 7.17. The first kappa shape index (κ1) is 28.6. The molecule has 0 aliphatic carbocycles. The molecule has 0 amide bonds. The molecular weight excluding hydrogens is 506 g/mol. The lowest BCUT2D eigenvalue weighted by Crippen LogP contribution is -2.13. The van der Waals surface area contributed by atoms with Gasteiger partial charge in [-0.25, -0.2) is 14.6 Å². The average Bonchev–Trinajstić information content (AvgIpc) is 3.30. The summed E-state index contributed by atoms with van der Waals surface area (Å²) in [6.45, 7) is 11.3. The van der Waals surface area contributed by atoms with Crippen LogP contribution in [0.5, 0.6) is 17.2 Å². The van der Waals surface area contributed by atoms with Crippen molar-refractivity contribution in [2.75, 3.05) is 13.2 Å². The minimum absolute atomic E-state index is 0.0149. The van der Waals surface area contributed by atoms with E-state index in [1.165, 1.54) is 0 Å².